The van der Waals surface area contributed by atoms with Gasteiger partial charge in [0.1, 0.15) is 0 Å². The normalized spacial score (nSPS) is 17.6. The lowest BCUT2D eigenvalue weighted by atomic mass is 10.2. The van der Waals surface area contributed by atoms with Gasteiger partial charge in [-0.05, 0) is 12.8 Å². The molecule has 2 aliphatic heterocycles. The van der Waals surface area contributed by atoms with Gasteiger partial charge in [-0.25, -0.2) is 0 Å². The Labute approximate surface area is 126 Å². The van der Waals surface area contributed by atoms with Crippen molar-refractivity contribution in [3.63, 3.8) is 0 Å². The van der Waals surface area contributed by atoms with Crippen LogP contribution < -0.4 is 10.6 Å². The number of carbonyl (C=O) groups is 2. The molecule has 2 rings (SSSR count). The van der Waals surface area contributed by atoms with Crippen LogP contribution in [0.2, 0.25) is 0 Å². The first-order chi connectivity index (χ1) is 9.74. The fraction of sp³-hybridized carbons (Fsp3) is 0.667. The molecule has 0 fully saturated rings. The predicted molar refractivity (Wildman–Crippen MR) is 84.3 cm³/mol. The molecule has 2 amide bonds. The Morgan fingerprint density at radius 3 is 1.70 bits per heavy atom. The smallest absolute Gasteiger partial charge is 0.225 e. The minimum atomic E-state index is -0.0192. The van der Waals surface area contributed by atoms with Crippen LogP contribution in [0.5, 0.6) is 0 Å². The van der Waals surface area contributed by atoms with Crippen LogP contribution in [-0.2, 0) is 9.59 Å². The first-order valence-electron chi connectivity index (χ1n) is 6.68. The topological polar surface area (TPSA) is 82.9 Å². The molecule has 2 aliphatic rings. The Morgan fingerprint density at radius 1 is 0.900 bits per heavy atom. The molecule has 0 unspecified atom stereocenters. The van der Waals surface area contributed by atoms with Gasteiger partial charge in [0.25, 0.3) is 0 Å². The molecule has 110 valence electrons. The average Bonchev–Trinajstić information content (AvgIpc) is 3.08. The summed E-state index contributed by atoms with van der Waals surface area (Å²) in [4.78, 5) is 31.5. The van der Waals surface area contributed by atoms with Gasteiger partial charge in [0, 0.05) is 24.3 Å². The molecule has 0 saturated heterocycles. The minimum absolute atomic E-state index is 0.0192. The number of nitrogens with zero attached hydrogens (tertiary/aromatic N) is 2. The van der Waals surface area contributed by atoms with E-state index in [1.165, 1.54) is 0 Å². The largest absolute Gasteiger partial charge is 0.305 e. The number of rotatable bonds is 5. The second-order valence-corrected chi connectivity index (χ2v) is 6.54. The van der Waals surface area contributed by atoms with Crippen molar-refractivity contribution >= 4 is 45.7 Å². The summed E-state index contributed by atoms with van der Waals surface area (Å²) in [6, 6.07) is 0. The third kappa shape index (κ3) is 5.54. The van der Waals surface area contributed by atoms with Gasteiger partial charge in [0.15, 0.2) is 10.3 Å². The Balaban J connectivity index is 1.52. The van der Waals surface area contributed by atoms with E-state index in [4.69, 9.17) is 0 Å². The lowest BCUT2D eigenvalue weighted by Gasteiger charge is -2.05. The number of hydrogen-bond donors (Lipinski definition) is 2. The Morgan fingerprint density at radius 2 is 1.35 bits per heavy atom. The van der Waals surface area contributed by atoms with Gasteiger partial charge in [-0.3, -0.25) is 19.6 Å². The molecule has 2 N–H and O–H groups in total. The molecular weight excluding hydrogens is 296 g/mol. The van der Waals surface area contributed by atoms with E-state index < -0.39 is 0 Å². The van der Waals surface area contributed by atoms with E-state index in [2.05, 4.69) is 20.6 Å². The molecule has 0 radical (unpaired) electrons. The summed E-state index contributed by atoms with van der Waals surface area (Å²) in [6.45, 7) is 1.56. The zero-order valence-corrected chi connectivity index (χ0v) is 12.8. The van der Waals surface area contributed by atoms with Crippen molar-refractivity contribution in [1.29, 1.82) is 0 Å². The van der Waals surface area contributed by atoms with Crippen molar-refractivity contribution in [2.24, 2.45) is 9.98 Å². The molecule has 0 aliphatic carbocycles. The molecular formula is C12H18N4O2S2. The molecule has 0 aromatic heterocycles. The van der Waals surface area contributed by atoms with Crippen molar-refractivity contribution in [2.45, 2.75) is 25.7 Å². The summed E-state index contributed by atoms with van der Waals surface area (Å²) < 4.78 is 0. The maximum Gasteiger partial charge on any atom is 0.225 e. The second-order valence-electron chi connectivity index (χ2n) is 4.37. The van der Waals surface area contributed by atoms with Gasteiger partial charge in [0.05, 0.1) is 13.1 Å². The average molecular weight is 314 g/mol. The SMILES string of the molecule is O=C(CCCCC(=O)NC1=NCCS1)NC1=NCCS1. The zero-order chi connectivity index (χ0) is 14.2. The van der Waals surface area contributed by atoms with Crippen LogP contribution in [0.3, 0.4) is 0 Å². The molecule has 0 aromatic carbocycles. The highest BCUT2D eigenvalue weighted by Gasteiger charge is 2.12. The van der Waals surface area contributed by atoms with Crippen LogP contribution in [0.25, 0.3) is 0 Å². The number of unbranched alkanes of at least 4 members (excludes halogenated alkanes) is 1. The number of amidine groups is 2. The second kappa shape index (κ2) is 8.31. The molecule has 0 atom stereocenters. The monoisotopic (exact) mass is 314 g/mol. The first-order valence-corrected chi connectivity index (χ1v) is 8.65. The van der Waals surface area contributed by atoms with Crippen molar-refractivity contribution < 1.29 is 9.59 Å². The Hall–Kier alpha value is -1.02. The molecule has 0 spiro atoms. The zero-order valence-electron chi connectivity index (χ0n) is 11.2. The summed E-state index contributed by atoms with van der Waals surface area (Å²) >= 11 is 3.14. The summed E-state index contributed by atoms with van der Waals surface area (Å²) in [5, 5.41) is 7.01. The number of hydrogen-bond acceptors (Lipinski definition) is 6. The summed E-state index contributed by atoms with van der Waals surface area (Å²) in [5.74, 6) is 1.85. The van der Waals surface area contributed by atoms with E-state index in [0.717, 1.165) is 34.9 Å². The molecule has 2 heterocycles. The van der Waals surface area contributed by atoms with Crippen LogP contribution in [0.1, 0.15) is 25.7 Å². The quantitative estimate of drug-likeness (QED) is 0.741. The fourth-order valence-electron chi connectivity index (χ4n) is 1.76. The van der Waals surface area contributed by atoms with Crippen LogP contribution in [0.15, 0.2) is 9.98 Å². The summed E-state index contributed by atoms with van der Waals surface area (Å²) in [5.41, 5.74) is 0. The maximum absolute atomic E-state index is 11.6. The third-order valence-corrected chi connectivity index (χ3v) is 4.50. The van der Waals surface area contributed by atoms with Crippen molar-refractivity contribution in [3.8, 4) is 0 Å². The van der Waals surface area contributed by atoms with E-state index in [9.17, 15) is 9.59 Å². The van der Waals surface area contributed by atoms with E-state index in [0.29, 0.717) is 25.7 Å². The molecule has 20 heavy (non-hydrogen) atoms. The highest BCUT2D eigenvalue weighted by Crippen LogP contribution is 2.10. The Bertz CT molecular complexity index is 397. The number of amides is 2. The summed E-state index contributed by atoms with van der Waals surface area (Å²) in [7, 11) is 0. The van der Waals surface area contributed by atoms with Gasteiger partial charge >= 0.3 is 0 Å². The van der Waals surface area contributed by atoms with Crippen molar-refractivity contribution in [1.82, 2.24) is 10.6 Å². The molecule has 0 bridgehead atoms. The van der Waals surface area contributed by atoms with Crippen LogP contribution in [-0.4, -0.2) is 46.7 Å². The molecule has 0 saturated carbocycles. The molecule has 0 aromatic rings. The maximum atomic E-state index is 11.6. The van der Waals surface area contributed by atoms with E-state index in [1.54, 1.807) is 23.5 Å². The Kier molecular flexibility index (Phi) is 6.38. The number of carbonyl (C=O) groups excluding carboxylic acids is 2. The summed E-state index contributed by atoms with van der Waals surface area (Å²) in [6.07, 6.45) is 2.28. The van der Waals surface area contributed by atoms with Gasteiger partial charge in [-0.2, -0.15) is 0 Å². The first kappa shape index (κ1) is 15.4. The van der Waals surface area contributed by atoms with Crippen LogP contribution in [0, 0.1) is 0 Å². The van der Waals surface area contributed by atoms with Crippen LogP contribution in [0.4, 0.5) is 0 Å². The molecule has 6 nitrogen and oxygen atoms in total. The predicted octanol–water partition coefficient (Wildman–Crippen LogP) is 0.985. The lowest BCUT2D eigenvalue weighted by molar-refractivity contribution is -0.121. The highest BCUT2D eigenvalue weighted by molar-refractivity contribution is 8.14. The van der Waals surface area contributed by atoms with E-state index in [1.807, 2.05) is 0 Å². The highest BCUT2D eigenvalue weighted by atomic mass is 32.2. The van der Waals surface area contributed by atoms with Crippen molar-refractivity contribution in [3.05, 3.63) is 0 Å². The third-order valence-electron chi connectivity index (χ3n) is 2.72. The van der Waals surface area contributed by atoms with Gasteiger partial charge in [-0.1, -0.05) is 23.5 Å². The van der Waals surface area contributed by atoms with Gasteiger partial charge in [0.2, 0.25) is 11.8 Å². The minimum Gasteiger partial charge on any atom is -0.305 e. The van der Waals surface area contributed by atoms with E-state index >= 15 is 0 Å². The molecule has 8 heteroatoms. The number of aliphatic imine (C=N–C) groups is 2. The lowest BCUT2D eigenvalue weighted by Crippen LogP contribution is -2.28. The number of nitrogens with one attached hydrogen (secondary N) is 2. The van der Waals surface area contributed by atoms with Crippen LogP contribution >= 0.6 is 23.5 Å². The van der Waals surface area contributed by atoms with Gasteiger partial charge < -0.3 is 10.6 Å². The fourth-order valence-corrected chi connectivity index (χ4v) is 3.25. The van der Waals surface area contributed by atoms with E-state index in [-0.39, 0.29) is 11.8 Å². The van der Waals surface area contributed by atoms with Crippen molar-refractivity contribution in [2.75, 3.05) is 24.6 Å². The number of thioether (sulfide) groups is 2. The van der Waals surface area contributed by atoms with Gasteiger partial charge in [-0.15, -0.1) is 0 Å². The standard InChI is InChI=1S/C12H18N4O2S2/c17-9(15-11-13-5-7-19-11)3-1-2-4-10(18)16-12-14-6-8-20-12/h1-8H2,(H,13,15,17)(H,14,16,18).